The van der Waals surface area contributed by atoms with Crippen molar-refractivity contribution >= 4 is 40.4 Å². The molecule has 0 radical (unpaired) electrons. The fraction of sp³-hybridized carbons (Fsp3) is 0.259. The van der Waals surface area contributed by atoms with Crippen LogP contribution in [0.2, 0.25) is 0 Å². The first kappa shape index (κ1) is 24.7. The van der Waals surface area contributed by atoms with E-state index in [9.17, 15) is 9.59 Å². The summed E-state index contributed by atoms with van der Waals surface area (Å²) in [6.07, 6.45) is 1.75. The topological polar surface area (TPSA) is 118 Å². The fourth-order valence-corrected chi connectivity index (χ4v) is 3.86. The monoisotopic (exact) mass is 488 g/mol. The minimum absolute atomic E-state index is 0.000991. The maximum atomic E-state index is 12.9. The predicted octanol–water partition coefficient (Wildman–Crippen LogP) is 5.07. The number of carbonyl (C=O) groups excluding carboxylic acids is 1. The number of amides is 1. The van der Waals surface area contributed by atoms with Gasteiger partial charge in [0.25, 0.3) is 6.01 Å². The van der Waals surface area contributed by atoms with E-state index in [4.69, 9.17) is 14.3 Å². The number of rotatable bonds is 9. The van der Waals surface area contributed by atoms with Gasteiger partial charge in [-0.2, -0.15) is 4.98 Å². The highest BCUT2D eigenvalue weighted by atomic mass is 16.5. The van der Waals surface area contributed by atoms with E-state index in [0.29, 0.717) is 34.2 Å². The maximum Gasteiger partial charge on any atom is 0.304 e. The van der Waals surface area contributed by atoms with Gasteiger partial charge >= 0.3 is 5.97 Å². The third-order valence-electron chi connectivity index (χ3n) is 5.92. The summed E-state index contributed by atoms with van der Waals surface area (Å²) < 4.78 is 11.3. The van der Waals surface area contributed by atoms with Gasteiger partial charge in [-0.15, -0.1) is 0 Å². The van der Waals surface area contributed by atoms with Gasteiger partial charge in [0.2, 0.25) is 5.91 Å². The van der Waals surface area contributed by atoms with E-state index in [1.54, 1.807) is 32.5 Å². The Morgan fingerprint density at radius 3 is 2.67 bits per heavy atom. The summed E-state index contributed by atoms with van der Waals surface area (Å²) in [6.45, 7) is 3.80. The van der Waals surface area contributed by atoms with Crippen LogP contribution in [0, 0.1) is 6.92 Å². The van der Waals surface area contributed by atoms with Crippen molar-refractivity contribution in [3.05, 3.63) is 71.5 Å². The van der Waals surface area contributed by atoms with Crippen molar-refractivity contribution in [2.75, 3.05) is 24.4 Å². The molecule has 0 fully saturated rings. The Hall–Kier alpha value is -4.40. The van der Waals surface area contributed by atoms with Crippen molar-refractivity contribution in [1.82, 2.24) is 9.97 Å². The van der Waals surface area contributed by atoms with Crippen molar-refractivity contribution in [2.45, 2.75) is 32.6 Å². The second-order valence-corrected chi connectivity index (χ2v) is 8.72. The van der Waals surface area contributed by atoms with Gasteiger partial charge in [0, 0.05) is 18.7 Å². The van der Waals surface area contributed by atoms with Gasteiger partial charge in [0.15, 0.2) is 5.58 Å². The molecule has 2 aromatic carbocycles. The number of ether oxygens (including phenoxy) is 1. The van der Waals surface area contributed by atoms with Crippen LogP contribution in [0.1, 0.15) is 36.1 Å². The van der Waals surface area contributed by atoms with Crippen LogP contribution in [-0.4, -0.2) is 41.1 Å². The molecule has 1 atom stereocenters. The molecule has 0 saturated carbocycles. The van der Waals surface area contributed by atoms with E-state index in [0.717, 1.165) is 16.8 Å². The summed E-state index contributed by atoms with van der Waals surface area (Å²) in [5.41, 5.74) is 5.14. The zero-order valence-electron chi connectivity index (χ0n) is 20.6. The molecule has 1 unspecified atom stereocenters. The number of carboxylic acid groups (broad SMARTS) is 1. The number of hydrogen-bond acceptors (Lipinski definition) is 7. The Kier molecular flexibility index (Phi) is 7.19. The number of aliphatic carboxylic acids is 1. The van der Waals surface area contributed by atoms with Gasteiger partial charge in [-0.05, 0) is 54.4 Å². The van der Waals surface area contributed by atoms with Gasteiger partial charge in [-0.25, -0.2) is 0 Å². The van der Waals surface area contributed by atoms with Crippen LogP contribution in [0.25, 0.3) is 11.1 Å². The Balaban J connectivity index is 1.45. The molecule has 0 aliphatic carbocycles. The summed E-state index contributed by atoms with van der Waals surface area (Å²) in [6, 6.07) is 15.1. The van der Waals surface area contributed by atoms with E-state index in [1.165, 1.54) is 4.90 Å². The van der Waals surface area contributed by atoms with Crippen molar-refractivity contribution in [3.63, 3.8) is 0 Å². The van der Waals surface area contributed by atoms with Gasteiger partial charge < -0.3 is 24.5 Å². The Morgan fingerprint density at radius 2 is 1.97 bits per heavy atom. The Labute approximate surface area is 208 Å². The number of nitrogens with zero attached hydrogens (tertiary/aromatic N) is 3. The fourth-order valence-electron chi connectivity index (χ4n) is 3.86. The molecule has 4 rings (SSSR count). The number of carbonyl (C=O) groups is 2. The average molecular weight is 489 g/mol. The normalized spacial score (nSPS) is 11.8. The summed E-state index contributed by atoms with van der Waals surface area (Å²) >= 11 is 0. The molecular formula is C27H28N4O5. The average Bonchev–Trinajstić information content (AvgIpc) is 3.25. The van der Waals surface area contributed by atoms with Crippen molar-refractivity contribution in [2.24, 2.45) is 0 Å². The number of aromatic nitrogens is 2. The molecule has 0 bridgehead atoms. The molecule has 2 heterocycles. The third kappa shape index (κ3) is 5.63. The number of aryl methyl sites for hydroxylation is 1. The number of pyridine rings is 1. The van der Waals surface area contributed by atoms with Crippen molar-refractivity contribution in [3.8, 4) is 5.75 Å². The molecule has 36 heavy (non-hydrogen) atoms. The van der Waals surface area contributed by atoms with Gasteiger partial charge in [-0.3, -0.25) is 14.6 Å². The molecule has 4 aromatic rings. The number of oxazole rings is 1. The lowest BCUT2D eigenvalue weighted by atomic mass is 10.0. The summed E-state index contributed by atoms with van der Waals surface area (Å²) in [5, 5.41) is 12.1. The zero-order valence-corrected chi connectivity index (χ0v) is 20.6. The lowest BCUT2D eigenvalue weighted by Crippen LogP contribution is -2.28. The molecule has 0 spiro atoms. The number of benzene rings is 2. The number of likely N-dealkylation sites (N-methyl/N-ethyl adjacent to an activating group) is 1. The molecule has 0 saturated heterocycles. The van der Waals surface area contributed by atoms with E-state index < -0.39 is 5.97 Å². The second-order valence-electron chi connectivity index (χ2n) is 8.72. The van der Waals surface area contributed by atoms with Crippen LogP contribution in [0.4, 0.5) is 17.4 Å². The first-order valence-corrected chi connectivity index (χ1v) is 11.5. The van der Waals surface area contributed by atoms with E-state index in [-0.39, 0.29) is 24.7 Å². The minimum Gasteiger partial charge on any atom is -0.495 e. The number of nitrogens with one attached hydrogen (secondary N) is 1. The van der Waals surface area contributed by atoms with Crippen LogP contribution < -0.4 is 15.0 Å². The zero-order chi connectivity index (χ0) is 25.8. The smallest absolute Gasteiger partial charge is 0.304 e. The van der Waals surface area contributed by atoms with E-state index in [1.807, 2.05) is 50.2 Å². The molecule has 9 nitrogen and oxygen atoms in total. The van der Waals surface area contributed by atoms with Crippen LogP contribution in [-0.2, 0) is 16.0 Å². The first-order valence-electron chi connectivity index (χ1n) is 11.5. The number of carboxylic acids is 1. The van der Waals surface area contributed by atoms with Crippen molar-refractivity contribution in [1.29, 1.82) is 0 Å². The molecule has 1 amide bonds. The lowest BCUT2D eigenvalue weighted by molar-refractivity contribution is -0.137. The Morgan fingerprint density at radius 1 is 1.17 bits per heavy atom. The van der Waals surface area contributed by atoms with E-state index in [2.05, 4.69) is 15.3 Å². The van der Waals surface area contributed by atoms with Gasteiger partial charge in [0.1, 0.15) is 11.3 Å². The van der Waals surface area contributed by atoms with Crippen LogP contribution in [0.5, 0.6) is 5.75 Å². The second kappa shape index (κ2) is 10.5. The van der Waals surface area contributed by atoms with Gasteiger partial charge in [-0.1, -0.05) is 19.1 Å². The third-order valence-corrected chi connectivity index (χ3v) is 5.92. The van der Waals surface area contributed by atoms with Crippen LogP contribution >= 0.6 is 0 Å². The molecule has 186 valence electrons. The molecule has 2 aromatic heterocycles. The Bertz CT molecular complexity index is 1400. The molecule has 0 aliphatic rings. The number of hydrogen-bond donors (Lipinski definition) is 2. The number of methoxy groups -OCH3 is 1. The predicted molar refractivity (Wildman–Crippen MR) is 137 cm³/mol. The molecular weight excluding hydrogens is 460 g/mol. The highest BCUT2D eigenvalue weighted by Crippen LogP contribution is 2.30. The largest absolute Gasteiger partial charge is 0.495 e. The first-order chi connectivity index (χ1) is 17.2. The highest BCUT2D eigenvalue weighted by molar-refractivity contribution is 5.94. The van der Waals surface area contributed by atoms with Crippen molar-refractivity contribution < 1.29 is 23.8 Å². The van der Waals surface area contributed by atoms with E-state index >= 15 is 0 Å². The minimum atomic E-state index is -0.873. The number of anilines is 3. The van der Waals surface area contributed by atoms with Crippen LogP contribution in [0.15, 0.2) is 59.1 Å². The summed E-state index contributed by atoms with van der Waals surface area (Å²) in [7, 11) is 3.29. The SMILES string of the molecule is COc1ccc(C)cc1Nc1nc2ccc(CC(=O)N(C)c3ccc(C(C)CC(=O)O)nc3)cc2o1. The maximum absolute atomic E-state index is 12.9. The molecule has 9 heteroatoms. The highest BCUT2D eigenvalue weighted by Gasteiger charge is 2.16. The lowest BCUT2D eigenvalue weighted by Gasteiger charge is -2.18. The number of fused-ring (bicyclic) bond motifs is 1. The summed E-state index contributed by atoms with van der Waals surface area (Å²) in [4.78, 5) is 34.2. The standard InChI is InChI=1S/C27H28N4O5/c1-16-5-10-23(35-4)22(11-16)30-27-29-21-8-6-18(13-24(21)36-27)14-25(32)31(3)19-7-9-20(28-15-19)17(2)12-26(33)34/h5-11,13,15,17H,12,14H2,1-4H3,(H,29,30)(H,33,34). The van der Waals surface area contributed by atoms with Crippen LogP contribution in [0.3, 0.4) is 0 Å². The van der Waals surface area contributed by atoms with Gasteiger partial charge in [0.05, 0.1) is 37.5 Å². The molecule has 0 aliphatic heterocycles. The quantitative estimate of drug-likeness (QED) is 0.335. The summed E-state index contributed by atoms with van der Waals surface area (Å²) in [5.74, 6) is -0.527. The molecule has 2 N–H and O–H groups in total.